The van der Waals surface area contributed by atoms with E-state index in [9.17, 15) is 29.7 Å². The lowest BCUT2D eigenvalue weighted by Gasteiger charge is -2.53. The van der Waals surface area contributed by atoms with Crippen LogP contribution in [0.1, 0.15) is 98.9 Å². The average Bonchev–Trinajstić information content (AvgIpc) is 3.96. The fourth-order valence-corrected chi connectivity index (χ4v) is 11.7. The molecule has 0 spiro atoms. The zero-order valence-electron chi connectivity index (χ0n) is 36.6. The molecule has 6 aliphatic rings. The normalized spacial score (nSPS) is 28.1. The molecule has 1 saturated heterocycles. The summed E-state index contributed by atoms with van der Waals surface area (Å²) in [7, 11) is 1.72. The molecule has 5 heterocycles. The molecule has 4 aliphatic heterocycles. The number of fused-ring (bicyclic) bond motifs is 8. The van der Waals surface area contributed by atoms with E-state index in [2.05, 4.69) is 41.1 Å². The van der Waals surface area contributed by atoms with Crippen LogP contribution >= 0.6 is 0 Å². The van der Waals surface area contributed by atoms with Crippen molar-refractivity contribution in [2.75, 3.05) is 46.6 Å². The Morgan fingerprint density at radius 2 is 1.95 bits per heavy atom. The third kappa shape index (κ3) is 7.53. The molecule has 3 aromatic rings. The van der Waals surface area contributed by atoms with Crippen molar-refractivity contribution in [2.45, 2.75) is 108 Å². The van der Waals surface area contributed by atoms with Gasteiger partial charge in [-0.2, -0.15) is 0 Å². The van der Waals surface area contributed by atoms with Gasteiger partial charge in [-0.3, -0.25) is 14.5 Å². The number of hydrogen-bond donors (Lipinski definition) is 4. The van der Waals surface area contributed by atoms with Gasteiger partial charge in [-0.25, -0.2) is 4.79 Å². The minimum absolute atomic E-state index is 0.0231. The second-order valence-electron chi connectivity index (χ2n) is 18.1. The predicted molar refractivity (Wildman–Crippen MR) is 234 cm³/mol. The number of ether oxygens (including phenoxy) is 5. The van der Waals surface area contributed by atoms with Crippen molar-refractivity contribution in [1.82, 2.24) is 9.88 Å². The number of Topliss-reactive ketones (excluding diaryl/α,β-unsaturated/α-hetero) is 1. The second-order valence-corrected chi connectivity index (χ2v) is 18.1. The number of aldehydes is 1. The number of ketones is 1. The quantitative estimate of drug-likeness (QED) is 0.0762. The van der Waals surface area contributed by atoms with E-state index in [1.807, 2.05) is 12.3 Å². The molecule has 2 fully saturated rings. The maximum absolute atomic E-state index is 14.1. The van der Waals surface area contributed by atoms with E-state index in [-0.39, 0.29) is 91.3 Å². The van der Waals surface area contributed by atoms with Crippen LogP contribution in [-0.4, -0.2) is 108 Å². The van der Waals surface area contributed by atoms with E-state index in [4.69, 9.17) is 23.7 Å². The van der Waals surface area contributed by atoms with Gasteiger partial charge >= 0.3 is 5.97 Å². The molecule has 63 heavy (non-hydrogen) atoms. The number of aliphatic hydroxyl groups excluding tert-OH is 2. The monoisotopic (exact) mass is 864 g/mol. The van der Waals surface area contributed by atoms with Crippen LogP contribution in [0.25, 0.3) is 16.5 Å². The molecular formula is C50H60N2O11. The van der Waals surface area contributed by atoms with Crippen LogP contribution in [-0.2, 0) is 43.3 Å². The number of allylic oxidation sites excluding steroid dienone is 3. The molecule has 13 heteroatoms. The van der Waals surface area contributed by atoms with Gasteiger partial charge in [0.05, 0.1) is 36.5 Å². The maximum atomic E-state index is 14.1. The number of nitrogens with one attached hydrogen (secondary N) is 1. The zero-order valence-corrected chi connectivity index (χ0v) is 36.6. The molecule has 0 radical (unpaired) electrons. The molecule has 4 N–H and O–H groups in total. The molecule has 336 valence electrons. The third-order valence-corrected chi connectivity index (χ3v) is 14.8. The predicted octanol–water partition coefficient (Wildman–Crippen LogP) is 6.04. The summed E-state index contributed by atoms with van der Waals surface area (Å²) in [6.45, 7) is 5.68. The molecule has 1 saturated carbocycles. The summed E-state index contributed by atoms with van der Waals surface area (Å²) in [6.07, 6.45) is 11.3. The molecule has 1 aromatic heterocycles. The average molecular weight is 865 g/mol. The number of H-pyrrole nitrogens is 1. The highest BCUT2D eigenvalue weighted by molar-refractivity contribution is 6.11. The Balaban J connectivity index is 1.21. The number of methoxy groups -OCH3 is 1. The summed E-state index contributed by atoms with van der Waals surface area (Å²) in [5.41, 5.74) is 4.00. The third-order valence-electron chi connectivity index (χ3n) is 14.8. The van der Waals surface area contributed by atoms with Crippen LogP contribution in [0.5, 0.6) is 17.2 Å². The highest BCUT2D eigenvalue weighted by Gasteiger charge is 2.55. The molecule has 7 atom stereocenters. The number of aromatic nitrogens is 1. The number of carbonyl (C=O) groups excluding carboxylic acids is 3. The van der Waals surface area contributed by atoms with Gasteiger partial charge in [0, 0.05) is 86.4 Å². The first kappa shape index (κ1) is 43.5. The number of aryl methyl sites for hydroxylation is 1. The van der Waals surface area contributed by atoms with Crippen molar-refractivity contribution >= 4 is 34.5 Å². The van der Waals surface area contributed by atoms with Gasteiger partial charge in [0.1, 0.15) is 34.7 Å². The zero-order chi connectivity index (χ0) is 44.0. The number of piperidine rings is 1. The number of aliphatic hydroxyl groups is 3. The lowest BCUT2D eigenvalue weighted by atomic mass is 9.63. The fourth-order valence-electron chi connectivity index (χ4n) is 11.7. The summed E-state index contributed by atoms with van der Waals surface area (Å²) in [5, 5.41) is 36.2. The van der Waals surface area contributed by atoms with Crippen LogP contribution in [0.15, 0.2) is 53.5 Å². The second kappa shape index (κ2) is 18.0. The maximum Gasteiger partial charge on any atom is 0.375 e. The summed E-state index contributed by atoms with van der Waals surface area (Å²) >= 11 is 0. The lowest BCUT2D eigenvalue weighted by Crippen LogP contribution is -2.61. The minimum Gasteiger partial charge on any atom is -0.492 e. The van der Waals surface area contributed by atoms with Gasteiger partial charge < -0.3 is 44.0 Å². The standard InChI is InChI=1S/C50H60N2O11/c1-4-40-32-8-6-15-50(58,38(32)14-18-52(40)17-7-19-59-3)42-23-35-45(62-42)37(26-55)47-44-43(36(25-54)48(63-47)49(57)60-5-2)31-11-12-41(56)34(21-31)33-20-30-13-16-51-39(30)22-29(33)10-9-28(24-53)27-61-46(35)44/h6,8,13,16,20,22,25,28,32,34,38,40,42,51,53,55,58H,4-5,7,9-12,14-15,17-19,21,23-24,26-27H2,1-3H3/t28-,32+,34-,38+,40-,42+,50-/m1/s1. The molecular weight excluding hydrogens is 805 g/mol. The van der Waals surface area contributed by atoms with Crippen molar-refractivity contribution in [3.8, 4) is 17.2 Å². The van der Waals surface area contributed by atoms with Crippen LogP contribution in [0.4, 0.5) is 0 Å². The number of nitrogens with zero attached hydrogens (tertiary/aromatic N) is 1. The van der Waals surface area contributed by atoms with Crippen molar-refractivity contribution in [3.63, 3.8) is 0 Å². The van der Waals surface area contributed by atoms with Crippen molar-refractivity contribution in [2.24, 2.45) is 17.8 Å². The first-order chi connectivity index (χ1) is 30.7. The lowest BCUT2D eigenvalue weighted by molar-refractivity contribution is -0.141. The number of carbonyl (C=O) groups is 3. The Hall–Kier alpha value is -4.79. The Labute approximate surface area is 368 Å². The summed E-state index contributed by atoms with van der Waals surface area (Å²) in [4.78, 5) is 47.2. The molecule has 0 unspecified atom stereocenters. The smallest absolute Gasteiger partial charge is 0.375 e. The Morgan fingerprint density at radius 3 is 2.71 bits per heavy atom. The summed E-state index contributed by atoms with van der Waals surface area (Å²) in [5.74, 6) is -1.22. The Bertz CT molecular complexity index is 2380. The number of aromatic amines is 1. The SMILES string of the molecule is CCOC(=O)C1=C(C=O)C2=C3CCC(=O)[C@H](C3)c3cc4cc[nH]c4cc3CC[C@H](CO)COc3c4c(c(CO)c(c32)O1)O[C@H]([C@@]1(O)CC=C[C@@H]2[C@@H](CC)N(CCCOC)CC[C@@H]21)C4. The van der Waals surface area contributed by atoms with E-state index >= 15 is 0 Å². The molecule has 9 rings (SSSR count). The highest BCUT2D eigenvalue weighted by atomic mass is 16.6. The molecule has 2 bridgehead atoms. The van der Waals surface area contributed by atoms with Gasteiger partial charge in [-0.05, 0) is 105 Å². The summed E-state index contributed by atoms with van der Waals surface area (Å²) in [6, 6.07) is 6.37. The van der Waals surface area contributed by atoms with Gasteiger partial charge in [0.25, 0.3) is 0 Å². The fraction of sp³-hybridized carbons (Fsp3) is 0.540. The van der Waals surface area contributed by atoms with E-state index < -0.39 is 30.2 Å². The van der Waals surface area contributed by atoms with Gasteiger partial charge in [-0.1, -0.05) is 24.6 Å². The number of esters is 1. The Kier molecular flexibility index (Phi) is 12.4. The van der Waals surface area contributed by atoms with Crippen LogP contribution in [0, 0.1) is 17.8 Å². The van der Waals surface area contributed by atoms with E-state index in [0.717, 1.165) is 60.0 Å². The van der Waals surface area contributed by atoms with E-state index in [1.165, 1.54) is 0 Å². The van der Waals surface area contributed by atoms with Crippen molar-refractivity contribution in [3.05, 3.63) is 81.3 Å². The van der Waals surface area contributed by atoms with Gasteiger partial charge in [-0.15, -0.1) is 0 Å². The van der Waals surface area contributed by atoms with Gasteiger partial charge in [0.2, 0.25) is 5.76 Å². The van der Waals surface area contributed by atoms with E-state index in [1.54, 1.807) is 14.0 Å². The van der Waals surface area contributed by atoms with Crippen LogP contribution in [0.2, 0.25) is 0 Å². The topological polar surface area (TPSA) is 177 Å². The first-order valence-electron chi connectivity index (χ1n) is 22.9. The number of likely N-dealkylation sites (tertiary alicyclic amines) is 1. The molecule has 0 amide bonds. The number of hydrogen-bond acceptors (Lipinski definition) is 12. The van der Waals surface area contributed by atoms with Crippen molar-refractivity contribution < 1.29 is 53.4 Å². The molecule has 2 aliphatic carbocycles. The largest absolute Gasteiger partial charge is 0.492 e. The van der Waals surface area contributed by atoms with Gasteiger partial charge in [0.15, 0.2) is 6.29 Å². The van der Waals surface area contributed by atoms with Crippen LogP contribution in [0.3, 0.4) is 0 Å². The first-order valence-corrected chi connectivity index (χ1v) is 22.9. The van der Waals surface area contributed by atoms with Crippen LogP contribution < -0.4 is 14.2 Å². The highest BCUT2D eigenvalue weighted by Crippen LogP contribution is 2.58. The minimum atomic E-state index is -1.28. The molecule has 2 aromatic carbocycles. The molecule has 13 nitrogen and oxygen atoms in total. The number of benzene rings is 2. The summed E-state index contributed by atoms with van der Waals surface area (Å²) < 4.78 is 31.2. The Morgan fingerprint density at radius 1 is 1.10 bits per heavy atom. The van der Waals surface area contributed by atoms with E-state index in [0.29, 0.717) is 66.8 Å². The number of rotatable bonds is 11. The van der Waals surface area contributed by atoms with Crippen molar-refractivity contribution in [1.29, 1.82) is 0 Å².